The summed E-state index contributed by atoms with van der Waals surface area (Å²) in [6, 6.07) is 2.15. The van der Waals surface area contributed by atoms with Gasteiger partial charge in [-0.05, 0) is 32.6 Å². The van der Waals surface area contributed by atoms with Crippen LogP contribution in [0.15, 0.2) is 24.8 Å². The zero-order valence-electron chi connectivity index (χ0n) is 17.7. The number of fused-ring (bicyclic) bond motifs is 2. The van der Waals surface area contributed by atoms with Crippen LogP contribution in [0, 0.1) is 5.92 Å². The fraction of sp³-hybridized carbons (Fsp3) is 0.636. The largest absolute Gasteiger partial charge is 0.369 e. The van der Waals surface area contributed by atoms with Gasteiger partial charge in [-0.2, -0.15) is 0 Å². The average molecular weight is 426 g/mol. The molecule has 2 saturated carbocycles. The Kier molecular flexibility index (Phi) is 4.66. The first-order valence-electron chi connectivity index (χ1n) is 11.3. The molecule has 9 heteroatoms. The van der Waals surface area contributed by atoms with Crippen molar-refractivity contribution >= 4 is 5.82 Å². The van der Waals surface area contributed by atoms with Gasteiger partial charge in [0.2, 0.25) is 0 Å². The second-order valence-corrected chi connectivity index (χ2v) is 9.55. The SMILES string of the molecule is CC1(OC2CC3C(CC2F)NNC3c2cc(N3CCc4nccnc4C3)ncn2)CC1. The van der Waals surface area contributed by atoms with Crippen LogP contribution in [-0.2, 0) is 17.7 Å². The van der Waals surface area contributed by atoms with Crippen molar-refractivity contribution in [3.8, 4) is 0 Å². The lowest BCUT2D eigenvalue weighted by molar-refractivity contribution is -0.0886. The number of hydrazine groups is 1. The molecule has 3 fully saturated rings. The van der Waals surface area contributed by atoms with Crippen molar-refractivity contribution in [2.24, 2.45) is 5.92 Å². The van der Waals surface area contributed by atoms with Gasteiger partial charge in [0.25, 0.3) is 0 Å². The van der Waals surface area contributed by atoms with E-state index in [1.165, 1.54) is 0 Å². The summed E-state index contributed by atoms with van der Waals surface area (Å²) in [6.07, 6.45) is 7.93. The summed E-state index contributed by atoms with van der Waals surface area (Å²) in [6.45, 7) is 3.63. The number of aromatic nitrogens is 4. The summed E-state index contributed by atoms with van der Waals surface area (Å²) < 4.78 is 20.9. The van der Waals surface area contributed by atoms with Crippen LogP contribution >= 0.6 is 0 Å². The summed E-state index contributed by atoms with van der Waals surface area (Å²) in [7, 11) is 0. The molecule has 0 bridgehead atoms. The summed E-state index contributed by atoms with van der Waals surface area (Å²) in [4.78, 5) is 20.2. The van der Waals surface area contributed by atoms with E-state index in [0.29, 0.717) is 19.4 Å². The van der Waals surface area contributed by atoms with E-state index in [0.717, 1.165) is 48.7 Å². The van der Waals surface area contributed by atoms with Crippen molar-refractivity contribution in [2.45, 2.75) is 75.5 Å². The van der Waals surface area contributed by atoms with Crippen molar-refractivity contribution in [2.75, 3.05) is 11.4 Å². The van der Waals surface area contributed by atoms with Crippen LogP contribution in [0.25, 0.3) is 0 Å². The molecule has 5 atom stereocenters. The van der Waals surface area contributed by atoms with E-state index < -0.39 is 6.17 Å². The molecule has 0 radical (unpaired) electrons. The maximum atomic E-state index is 14.8. The number of anilines is 1. The summed E-state index contributed by atoms with van der Waals surface area (Å²) in [5.41, 5.74) is 9.57. The first-order chi connectivity index (χ1) is 15.1. The zero-order chi connectivity index (χ0) is 21.0. The third-order valence-electron chi connectivity index (χ3n) is 7.28. The molecule has 2 aliphatic carbocycles. The zero-order valence-corrected chi connectivity index (χ0v) is 17.7. The number of hydrogen-bond donors (Lipinski definition) is 2. The van der Waals surface area contributed by atoms with Crippen molar-refractivity contribution in [3.05, 3.63) is 41.9 Å². The molecule has 2 aromatic heterocycles. The van der Waals surface area contributed by atoms with E-state index in [9.17, 15) is 4.39 Å². The molecule has 0 aromatic carbocycles. The molecule has 4 heterocycles. The molecule has 4 aliphatic rings. The normalized spacial score (nSPS) is 33.6. The lowest BCUT2D eigenvalue weighted by Gasteiger charge is -2.37. The molecule has 5 unspecified atom stereocenters. The average Bonchev–Trinajstić information content (AvgIpc) is 3.38. The van der Waals surface area contributed by atoms with E-state index in [4.69, 9.17) is 4.74 Å². The molecular formula is C22H28FN7O. The van der Waals surface area contributed by atoms with Gasteiger partial charge in [0, 0.05) is 43.4 Å². The van der Waals surface area contributed by atoms with E-state index in [1.807, 2.05) is 0 Å². The highest BCUT2D eigenvalue weighted by Crippen LogP contribution is 2.45. The van der Waals surface area contributed by atoms with Crippen LogP contribution in [0.5, 0.6) is 0 Å². The van der Waals surface area contributed by atoms with Gasteiger partial charge >= 0.3 is 0 Å². The third-order valence-corrected chi connectivity index (χ3v) is 7.28. The summed E-state index contributed by atoms with van der Waals surface area (Å²) >= 11 is 0. The van der Waals surface area contributed by atoms with Crippen LogP contribution in [0.3, 0.4) is 0 Å². The minimum Gasteiger partial charge on any atom is -0.369 e. The van der Waals surface area contributed by atoms with Crippen LogP contribution in [0.2, 0.25) is 0 Å². The number of nitrogens with one attached hydrogen (secondary N) is 2. The Hall–Kier alpha value is -2.23. The number of nitrogens with zero attached hydrogens (tertiary/aromatic N) is 5. The highest BCUT2D eigenvalue weighted by molar-refractivity contribution is 5.42. The first-order valence-corrected chi connectivity index (χ1v) is 11.3. The number of alkyl halides is 1. The van der Waals surface area contributed by atoms with Gasteiger partial charge in [0.15, 0.2) is 0 Å². The van der Waals surface area contributed by atoms with Gasteiger partial charge in [-0.3, -0.25) is 15.4 Å². The Morgan fingerprint density at radius 3 is 2.77 bits per heavy atom. The smallest absolute Gasteiger partial charge is 0.132 e. The van der Waals surface area contributed by atoms with Crippen LogP contribution in [0.1, 0.15) is 55.7 Å². The van der Waals surface area contributed by atoms with Gasteiger partial charge in [-0.15, -0.1) is 0 Å². The molecule has 0 amide bonds. The molecule has 2 aromatic rings. The maximum absolute atomic E-state index is 14.8. The monoisotopic (exact) mass is 425 g/mol. The molecule has 2 N–H and O–H groups in total. The van der Waals surface area contributed by atoms with E-state index in [1.54, 1.807) is 18.7 Å². The lowest BCUT2D eigenvalue weighted by atomic mass is 9.78. The third kappa shape index (κ3) is 3.68. The summed E-state index contributed by atoms with van der Waals surface area (Å²) in [5.74, 6) is 1.12. The van der Waals surface area contributed by atoms with Crippen LogP contribution < -0.4 is 15.8 Å². The number of rotatable bonds is 4. The Labute approximate surface area is 181 Å². The molecule has 8 nitrogen and oxygen atoms in total. The highest BCUT2D eigenvalue weighted by atomic mass is 19.1. The van der Waals surface area contributed by atoms with E-state index >= 15 is 0 Å². The number of hydrogen-bond acceptors (Lipinski definition) is 8. The van der Waals surface area contributed by atoms with Crippen molar-refractivity contribution in [1.29, 1.82) is 0 Å². The number of halogens is 1. The van der Waals surface area contributed by atoms with Crippen molar-refractivity contribution < 1.29 is 9.13 Å². The molecule has 1 saturated heterocycles. The summed E-state index contributed by atoms with van der Waals surface area (Å²) in [5, 5.41) is 0. The Morgan fingerprint density at radius 2 is 1.94 bits per heavy atom. The van der Waals surface area contributed by atoms with Gasteiger partial charge in [0.1, 0.15) is 18.3 Å². The fourth-order valence-electron chi connectivity index (χ4n) is 5.20. The standard InChI is InChI=1S/C22H28FN7O/c1-22(3-4-22)31-19-8-13-16(9-14(19)23)28-29-21(13)17-10-20(27-12-26-17)30-7-2-15-18(11-30)25-6-5-24-15/h5-6,10,12-14,16,19,21,28-29H,2-4,7-9,11H2,1H3. The number of ether oxygens (including phenoxy) is 1. The van der Waals surface area contributed by atoms with Crippen LogP contribution in [-0.4, -0.2) is 50.4 Å². The van der Waals surface area contributed by atoms with Crippen LogP contribution in [0.4, 0.5) is 10.2 Å². The molecule has 2 aliphatic heterocycles. The predicted octanol–water partition coefficient (Wildman–Crippen LogP) is 2.03. The minimum absolute atomic E-state index is 0.00854. The maximum Gasteiger partial charge on any atom is 0.132 e. The molecular weight excluding hydrogens is 397 g/mol. The quantitative estimate of drug-likeness (QED) is 0.770. The van der Waals surface area contributed by atoms with Gasteiger partial charge in [0.05, 0.1) is 41.4 Å². The topological polar surface area (TPSA) is 88.1 Å². The lowest BCUT2D eigenvalue weighted by Crippen LogP contribution is -2.45. The second-order valence-electron chi connectivity index (χ2n) is 9.55. The Morgan fingerprint density at radius 1 is 1.10 bits per heavy atom. The highest BCUT2D eigenvalue weighted by Gasteiger charge is 2.50. The van der Waals surface area contributed by atoms with Gasteiger partial charge in [-0.25, -0.2) is 19.8 Å². The predicted molar refractivity (Wildman–Crippen MR) is 112 cm³/mol. The molecule has 31 heavy (non-hydrogen) atoms. The van der Waals surface area contributed by atoms with Gasteiger partial charge in [-0.1, -0.05) is 0 Å². The molecule has 0 spiro atoms. The molecule has 164 valence electrons. The Balaban J connectivity index is 1.21. The van der Waals surface area contributed by atoms with E-state index in [2.05, 4.69) is 48.7 Å². The van der Waals surface area contributed by atoms with Gasteiger partial charge < -0.3 is 9.64 Å². The van der Waals surface area contributed by atoms with E-state index in [-0.39, 0.29) is 29.7 Å². The second kappa shape index (κ2) is 7.43. The van der Waals surface area contributed by atoms with Crippen molar-refractivity contribution in [3.63, 3.8) is 0 Å². The Bertz CT molecular complexity index is 970. The first kappa shape index (κ1) is 19.5. The van der Waals surface area contributed by atoms with Crippen molar-refractivity contribution in [1.82, 2.24) is 30.8 Å². The molecule has 6 rings (SSSR count). The minimum atomic E-state index is -0.929. The fourth-order valence-corrected chi connectivity index (χ4v) is 5.20.